The normalized spacial score (nSPS) is 10.7. The van der Waals surface area contributed by atoms with Gasteiger partial charge < -0.3 is 19.9 Å². The third kappa shape index (κ3) is 6.43. The average Bonchev–Trinajstić information content (AvgIpc) is 2.83. The third-order valence-corrected chi connectivity index (χ3v) is 5.28. The Hall–Kier alpha value is -3.65. The lowest BCUT2D eigenvalue weighted by molar-refractivity contribution is 0.102. The topological polar surface area (TPSA) is 130 Å². The van der Waals surface area contributed by atoms with Crippen molar-refractivity contribution in [3.05, 3.63) is 70.1 Å². The molecule has 1 heterocycles. The van der Waals surface area contributed by atoms with E-state index in [0.717, 1.165) is 12.8 Å². The first-order valence-electron chi connectivity index (χ1n) is 11.2. The predicted molar refractivity (Wildman–Crippen MR) is 130 cm³/mol. The van der Waals surface area contributed by atoms with E-state index in [9.17, 15) is 9.59 Å². The fourth-order valence-corrected chi connectivity index (χ4v) is 3.44. The molecule has 0 fully saturated rings. The molecule has 0 spiro atoms. The average molecular weight is 451 g/mol. The Balaban J connectivity index is 1.65. The second-order valence-corrected chi connectivity index (χ2v) is 7.77. The summed E-state index contributed by atoms with van der Waals surface area (Å²) in [7, 11) is 0. The van der Waals surface area contributed by atoms with Gasteiger partial charge in [0.25, 0.3) is 5.91 Å². The van der Waals surface area contributed by atoms with Crippen molar-refractivity contribution in [2.24, 2.45) is 5.84 Å². The number of nitrogens with one attached hydrogen (secondary N) is 3. The van der Waals surface area contributed by atoms with Gasteiger partial charge in [0.2, 0.25) is 0 Å². The van der Waals surface area contributed by atoms with Gasteiger partial charge in [0.15, 0.2) is 22.6 Å². The Morgan fingerprint density at radius 2 is 1.79 bits per heavy atom. The molecule has 5 N–H and O–H groups in total. The fourth-order valence-electron chi connectivity index (χ4n) is 3.44. The maximum absolute atomic E-state index is 12.8. The minimum Gasteiger partial charge on any atom is -0.494 e. The summed E-state index contributed by atoms with van der Waals surface area (Å²) >= 11 is 0. The van der Waals surface area contributed by atoms with E-state index in [0.29, 0.717) is 29.0 Å². The molecule has 1 amide bonds. The SMILES string of the molecule is CCCCCCCCOc1ccc(C(=O)Nc2cccc3c(=O)cc(C(=N)NN)oc23)cc1. The Bertz CT molecular complexity index is 1160. The summed E-state index contributed by atoms with van der Waals surface area (Å²) in [6.45, 7) is 2.86. The number of amides is 1. The molecule has 1 aromatic heterocycles. The second kappa shape index (κ2) is 11.8. The van der Waals surface area contributed by atoms with Crippen LogP contribution in [-0.2, 0) is 0 Å². The number of unbranched alkanes of at least 4 members (excludes halogenated alkanes) is 5. The van der Waals surface area contributed by atoms with E-state index in [2.05, 4.69) is 17.7 Å². The van der Waals surface area contributed by atoms with Crippen LogP contribution in [0.1, 0.15) is 61.6 Å². The van der Waals surface area contributed by atoms with Crippen molar-refractivity contribution >= 4 is 28.4 Å². The first kappa shape index (κ1) is 24.0. The van der Waals surface area contributed by atoms with Crippen LogP contribution in [0.2, 0.25) is 0 Å². The van der Waals surface area contributed by atoms with Gasteiger partial charge in [-0.25, -0.2) is 5.84 Å². The maximum atomic E-state index is 12.8. The Morgan fingerprint density at radius 1 is 1.06 bits per heavy atom. The molecule has 0 radical (unpaired) electrons. The summed E-state index contributed by atoms with van der Waals surface area (Å²) in [4.78, 5) is 25.2. The summed E-state index contributed by atoms with van der Waals surface area (Å²) in [6.07, 6.45) is 7.19. The van der Waals surface area contributed by atoms with Crippen molar-refractivity contribution in [3.63, 3.8) is 0 Å². The van der Waals surface area contributed by atoms with E-state index in [1.165, 1.54) is 31.7 Å². The van der Waals surface area contributed by atoms with Crippen LogP contribution in [0.4, 0.5) is 5.69 Å². The molecular formula is C25H30N4O4. The summed E-state index contributed by atoms with van der Waals surface area (Å²) in [5, 5.41) is 10.8. The van der Waals surface area contributed by atoms with Gasteiger partial charge in [-0.3, -0.25) is 15.0 Å². The van der Waals surface area contributed by atoms with Crippen LogP contribution in [0.3, 0.4) is 0 Å². The summed E-state index contributed by atoms with van der Waals surface area (Å²) in [6, 6.07) is 13.0. The van der Waals surface area contributed by atoms with Gasteiger partial charge in [0.05, 0.1) is 17.7 Å². The number of benzene rings is 2. The number of nitrogens with two attached hydrogens (primary N) is 1. The van der Waals surface area contributed by atoms with Crippen molar-refractivity contribution in [2.45, 2.75) is 45.4 Å². The molecular weight excluding hydrogens is 420 g/mol. The lowest BCUT2D eigenvalue weighted by Gasteiger charge is -2.10. The number of hydrogen-bond acceptors (Lipinski definition) is 6. The molecule has 0 saturated heterocycles. The Morgan fingerprint density at radius 3 is 2.52 bits per heavy atom. The zero-order chi connectivity index (χ0) is 23.6. The largest absolute Gasteiger partial charge is 0.494 e. The molecule has 0 aliphatic rings. The quantitative estimate of drug-likeness (QED) is 0.111. The highest BCUT2D eigenvalue weighted by molar-refractivity contribution is 6.08. The molecule has 3 aromatic rings. The minimum atomic E-state index is -0.356. The molecule has 0 saturated carbocycles. The molecule has 3 rings (SSSR count). The summed E-state index contributed by atoms with van der Waals surface area (Å²) < 4.78 is 11.4. The van der Waals surface area contributed by atoms with E-state index < -0.39 is 0 Å². The fraction of sp³-hybridized carbons (Fsp3) is 0.320. The molecule has 174 valence electrons. The highest BCUT2D eigenvalue weighted by Crippen LogP contribution is 2.23. The zero-order valence-electron chi connectivity index (χ0n) is 18.8. The van der Waals surface area contributed by atoms with Gasteiger partial charge >= 0.3 is 0 Å². The number of carbonyl (C=O) groups excluding carboxylic acids is 1. The van der Waals surface area contributed by atoms with E-state index in [1.54, 1.807) is 42.5 Å². The number of amidine groups is 1. The molecule has 0 aliphatic heterocycles. The monoisotopic (exact) mass is 450 g/mol. The molecule has 0 atom stereocenters. The van der Waals surface area contributed by atoms with Gasteiger partial charge in [-0.15, -0.1) is 0 Å². The van der Waals surface area contributed by atoms with Crippen molar-refractivity contribution < 1.29 is 13.9 Å². The van der Waals surface area contributed by atoms with Crippen molar-refractivity contribution in [1.29, 1.82) is 5.41 Å². The van der Waals surface area contributed by atoms with Crippen LogP contribution >= 0.6 is 0 Å². The third-order valence-electron chi connectivity index (χ3n) is 5.28. The van der Waals surface area contributed by atoms with Crippen LogP contribution < -0.4 is 26.8 Å². The molecule has 8 nitrogen and oxygen atoms in total. The molecule has 8 heteroatoms. The van der Waals surface area contributed by atoms with Crippen LogP contribution in [0.25, 0.3) is 11.0 Å². The summed E-state index contributed by atoms with van der Waals surface area (Å²) in [5.41, 5.74) is 2.74. The number of carbonyl (C=O) groups is 1. The van der Waals surface area contributed by atoms with Gasteiger partial charge in [0, 0.05) is 11.6 Å². The number of rotatable bonds is 11. The maximum Gasteiger partial charge on any atom is 0.255 e. The van der Waals surface area contributed by atoms with E-state index in [-0.39, 0.29) is 28.5 Å². The van der Waals surface area contributed by atoms with Crippen LogP contribution in [0.5, 0.6) is 5.75 Å². The van der Waals surface area contributed by atoms with E-state index in [1.807, 2.05) is 0 Å². The highest BCUT2D eigenvalue weighted by Gasteiger charge is 2.14. The predicted octanol–water partition coefficient (Wildman–Crippen LogP) is 4.57. The highest BCUT2D eigenvalue weighted by atomic mass is 16.5. The smallest absolute Gasteiger partial charge is 0.255 e. The number of para-hydroxylation sites is 1. The van der Waals surface area contributed by atoms with Crippen molar-refractivity contribution in [3.8, 4) is 5.75 Å². The van der Waals surface area contributed by atoms with Crippen molar-refractivity contribution in [1.82, 2.24) is 5.43 Å². The van der Waals surface area contributed by atoms with Gasteiger partial charge in [-0.05, 0) is 42.8 Å². The molecule has 33 heavy (non-hydrogen) atoms. The van der Waals surface area contributed by atoms with Gasteiger partial charge in [-0.2, -0.15) is 0 Å². The number of anilines is 1. The van der Waals surface area contributed by atoms with Gasteiger partial charge in [0.1, 0.15) is 5.75 Å². The molecule has 0 unspecified atom stereocenters. The molecule has 0 bridgehead atoms. The number of ether oxygens (including phenoxy) is 1. The Kier molecular flexibility index (Phi) is 8.60. The first-order chi connectivity index (χ1) is 16.0. The first-order valence-corrected chi connectivity index (χ1v) is 11.2. The van der Waals surface area contributed by atoms with E-state index in [4.69, 9.17) is 20.4 Å². The van der Waals surface area contributed by atoms with Crippen molar-refractivity contribution in [2.75, 3.05) is 11.9 Å². The molecule has 0 aliphatic carbocycles. The van der Waals surface area contributed by atoms with Crippen LogP contribution in [0, 0.1) is 5.41 Å². The lowest BCUT2D eigenvalue weighted by Crippen LogP contribution is -2.30. The number of fused-ring (bicyclic) bond motifs is 1. The zero-order valence-corrected chi connectivity index (χ0v) is 18.8. The summed E-state index contributed by atoms with van der Waals surface area (Å²) in [5.74, 6) is 5.34. The number of hydrogen-bond donors (Lipinski definition) is 4. The lowest BCUT2D eigenvalue weighted by atomic mass is 10.1. The van der Waals surface area contributed by atoms with Crippen LogP contribution in [0.15, 0.2) is 57.7 Å². The number of hydrazine groups is 1. The van der Waals surface area contributed by atoms with Crippen LogP contribution in [-0.4, -0.2) is 18.3 Å². The minimum absolute atomic E-state index is 0.0245. The molecule has 2 aromatic carbocycles. The Labute approximate surface area is 192 Å². The second-order valence-electron chi connectivity index (χ2n) is 7.77. The van der Waals surface area contributed by atoms with E-state index >= 15 is 0 Å². The standard InChI is InChI=1S/C25H30N4O4/c1-2-3-4-5-6-7-15-32-18-13-11-17(12-14-18)25(31)28-20-10-8-9-19-21(30)16-22(24(26)29-27)33-23(19)20/h8-14,16H,2-7,15,27H2,1H3,(H2,26,29)(H,28,31). The van der Waals surface area contributed by atoms with Gasteiger partial charge in [-0.1, -0.05) is 45.1 Å².